The van der Waals surface area contributed by atoms with Crippen molar-refractivity contribution in [3.63, 3.8) is 0 Å². The molecule has 5 heteroatoms. The Hall–Kier alpha value is -2.14. The smallest absolute Gasteiger partial charge is 0.246 e. The first-order chi connectivity index (χ1) is 11.1. The first-order valence-electron chi connectivity index (χ1n) is 7.51. The number of ketones is 1. The van der Waals surface area contributed by atoms with Crippen molar-refractivity contribution in [2.45, 2.75) is 25.6 Å². The molecule has 0 spiro atoms. The van der Waals surface area contributed by atoms with Crippen molar-refractivity contribution >= 4 is 27.4 Å². The molecule has 2 heterocycles. The van der Waals surface area contributed by atoms with E-state index in [1.165, 1.54) is 0 Å². The number of fused-ring (bicyclic) bond motifs is 3. The van der Waals surface area contributed by atoms with Gasteiger partial charge in [-0.1, -0.05) is 46.3 Å². The van der Waals surface area contributed by atoms with E-state index in [4.69, 9.17) is 9.84 Å². The highest BCUT2D eigenvalue weighted by atomic mass is 79.9. The normalized spacial score (nSPS) is 22.0. The maximum atomic E-state index is 12.0. The summed E-state index contributed by atoms with van der Waals surface area (Å²) in [5.41, 5.74) is 3.14. The zero-order valence-electron chi connectivity index (χ0n) is 12.6. The summed E-state index contributed by atoms with van der Waals surface area (Å²) in [6.07, 6.45) is 0.119. The first-order valence-corrected chi connectivity index (χ1v) is 8.30. The Bertz CT molecular complexity index is 801. The zero-order valence-corrected chi connectivity index (χ0v) is 14.2. The van der Waals surface area contributed by atoms with E-state index in [-0.39, 0.29) is 11.8 Å². The topological polar surface area (TPSA) is 41.9 Å². The van der Waals surface area contributed by atoms with Gasteiger partial charge in [-0.25, -0.2) is 5.01 Å². The molecule has 2 aliphatic heterocycles. The highest BCUT2D eigenvalue weighted by Crippen LogP contribution is 2.42. The summed E-state index contributed by atoms with van der Waals surface area (Å²) in [5, 5.41) is 6.51. The van der Waals surface area contributed by atoms with Gasteiger partial charge < -0.3 is 4.74 Å². The minimum absolute atomic E-state index is 0.0368. The van der Waals surface area contributed by atoms with Gasteiger partial charge in [-0.05, 0) is 23.8 Å². The fourth-order valence-electron chi connectivity index (χ4n) is 3.12. The van der Waals surface area contributed by atoms with Crippen LogP contribution in [0.2, 0.25) is 0 Å². The van der Waals surface area contributed by atoms with E-state index in [1.807, 2.05) is 53.5 Å². The third-order valence-corrected chi connectivity index (χ3v) is 4.75. The number of halogens is 1. The summed E-state index contributed by atoms with van der Waals surface area (Å²) in [6, 6.07) is 16.0. The monoisotopic (exact) mass is 370 g/mol. The maximum Gasteiger partial charge on any atom is 0.246 e. The zero-order chi connectivity index (χ0) is 16.0. The molecule has 0 amide bonds. The summed E-state index contributed by atoms with van der Waals surface area (Å²) >= 11 is 3.45. The largest absolute Gasteiger partial charge is 0.461 e. The average Bonchev–Trinajstić information content (AvgIpc) is 3.00. The first kappa shape index (κ1) is 14.5. The van der Waals surface area contributed by atoms with Crippen LogP contribution in [0.25, 0.3) is 0 Å². The van der Waals surface area contributed by atoms with Gasteiger partial charge in [-0.3, -0.25) is 4.79 Å². The van der Waals surface area contributed by atoms with Gasteiger partial charge in [0.05, 0.1) is 11.8 Å². The average molecular weight is 371 g/mol. The fraction of sp³-hybridized carbons (Fsp3) is 0.222. The Morgan fingerprint density at radius 3 is 2.70 bits per heavy atom. The van der Waals surface area contributed by atoms with Gasteiger partial charge in [0.2, 0.25) is 6.23 Å². The van der Waals surface area contributed by atoms with Crippen LogP contribution in [0, 0.1) is 0 Å². The van der Waals surface area contributed by atoms with Crippen LogP contribution in [0.1, 0.15) is 30.5 Å². The Morgan fingerprint density at radius 2 is 1.96 bits per heavy atom. The van der Waals surface area contributed by atoms with Crippen LogP contribution in [0.15, 0.2) is 58.1 Å². The molecule has 23 heavy (non-hydrogen) atoms. The second kappa shape index (κ2) is 5.49. The number of hydrazone groups is 1. The Balaban J connectivity index is 1.75. The lowest BCUT2D eigenvalue weighted by atomic mass is 9.96. The quantitative estimate of drug-likeness (QED) is 0.804. The summed E-state index contributed by atoms with van der Waals surface area (Å²) in [6.45, 7) is 1.54. The lowest BCUT2D eigenvalue weighted by molar-refractivity contribution is -0.135. The van der Waals surface area contributed by atoms with Crippen LogP contribution in [0.3, 0.4) is 0 Å². The van der Waals surface area contributed by atoms with E-state index >= 15 is 0 Å². The molecule has 2 aromatic rings. The Morgan fingerprint density at radius 1 is 1.22 bits per heavy atom. The second-order valence-electron chi connectivity index (χ2n) is 5.77. The van der Waals surface area contributed by atoms with E-state index in [1.54, 1.807) is 6.92 Å². The van der Waals surface area contributed by atoms with Gasteiger partial charge in [0, 0.05) is 23.4 Å². The van der Waals surface area contributed by atoms with Gasteiger partial charge in [0.15, 0.2) is 5.78 Å². The minimum atomic E-state index is -0.650. The number of Topliss-reactive ketones (excluding diaryl/α,β-unsaturated/α-hetero) is 1. The molecule has 2 aliphatic rings. The van der Waals surface area contributed by atoms with Crippen molar-refractivity contribution in [3.8, 4) is 5.75 Å². The lowest BCUT2D eigenvalue weighted by Gasteiger charge is -2.36. The maximum absolute atomic E-state index is 12.0. The molecular weight excluding hydrogens is 356 g/mol. The molecule has 0 aromatic heterocycles. The Labute approximate surface area is 142 Å². The van der Waals surface area contributed by atoms with E-state index in [9.17, 15) is 4.79 Å². The predicted octanol–water partition coefficient (Wildman–Crippen LogP) is 3.91. The molecule has 0 aliphatic carbocycles. The molecule has 0 N–H and O–H groups in total. The van der Waals surface area contributed by atoms with Crippen molar-refractivity contribution in [1.82, 2.24) is 5.01 Å². The number of benzene rings is 2. The number of nitrogens with zero attached hydrogens (tertiary/aromatic N) is 2. The van der Waals surface area contributed by atoms with Gasteiger partial charge in [0.25, 0.3) is 0 Å². The fourth-order valence-corrected chi connectivity index (χ4v) is 3.38. The molecule has 4 rings (SSSR count). The summed E-state index contributed by atoms with van der Waals surface area (Å²) in [7, 11) is 0. The van der Waals surface area contributed by atoms with Crippen LogP contribution >= 0.6 is 15.9 Å². The van der Waals surface area contributed by atoms with Crippen molar-refractivity contribution in [2.75, 3.05) is 0 Å². The van der Waals surface area contributed by atoms with E-state index in [0.29, 0.717) is 0 Å². The second-order valence-corrected chi connectivity index (χ2v) is 6.69. The molecule has 2 aromatic carbocycles. The molecular formula is C18H15BrN2O2. The number of rotatable bonds is 2. The van der Waals surface area contributed by atoms with Gasteiger partial charge in [-0.2, -0.15) is 5.10 Å². The molecule has 0 radical (unpaired) electrons. The van der Waals surface area contributed by atoms with Crippen molar-refractivity contribution in [3.05, 3.63) is 64.1 Å². The third-order valence-electron chi connectivity index (χ3n) is 4.22. The summed E-state index contributed by atoms with van der Waals surface area (Å²) in [4.78, 5) is 12.0. The van der Waals surface area contributed by atoms with Gasteiger partial charge in [-0.15, -0.1) is 0 Å². The molecule has 116 valence electrons. The van der Waals surface area contributed by atoms with Crippen molar-refractivity contribution < 1.29 is 9.53 Å². The van der Waals surface area contributed by atoms with Crippen molar-refractivity contribution in [1.29, 1.82) is 0 Å². The molecule has 4 nitrogen and oxygen atoms in total. The summed E-state index contributed by atoms with van der Waals surface area (Å²) in [5.74, 6) is 0.742. The van der Waals surface area contributed by atoms with Crippen LogP contribution in [0.4, 0.5) is 0 Å². The number of hydrogen-bond donors (Lipinski definition) is 0. The van der Waals surface area contributed by atoms with Crippen molar-refractivity contribution in [2.24, 2.45) is 5.10 Å². The SMILES string of the molecule is CC(=O)[C@@H]1Oc2ccccc2[C@@H]2CC(c3ccc(Br)cc3)=NN12. The van der Waals surface area contributed by atoms with Crippen LogP contribution in [-0.2, 0) is 4.79 Å². The van der Waals surface area contributed by atoms with Crippen LogP contribution in [0.5, 0.6) is 5.75 Å². The number of ether oxygens (including phenoxy) is 1. The van der Waals surface area contributed by atoms with E-state index in [0.717, 1.165) is 33.5 Å². The standard InChI is InChI=1S/C18H15BrN2O2/c1-11(22)18-21-16(14-4-2-3-5-17(14)23-18)10-15(20-21)12-6-8-13(19)9-7-12/h2-9,16,18H,10H2,1H3/t16-,18-/m0/s1. The molecule has 0 saturated heterocycles. The number of carbonyl (C=O) groups excluding carboxylic acids is 1. The molecule has 2 atom stereocenters. The number of hydrogen-bond acceptors (Lipinski definition) is 4. The predicted molar refractivity (Wildman–Crippen MR) is 91.4 cm³/mol. The minimum Gasteiger partial charge on any atom is -0.461 e. The molecule has 0 unspecified atom stereocenters. The van der Waals surface area contributed by atoms with E-state index in [2.05, 4.69) is 15.9 Å². The molecule has 0 bridgehead atoms. The highest BCUT2D eigenvalue weighted by Gasteiger charge is 2.41. The Kier molecular flexibility index (Phi) is 3.45. The number of para-hydroxylation sites is 1. The highest BCUT2D eigenvalue weighted by molar-refractivity contribution is 9.10. The van der Waals surface area contributed by atoms with Gasteiger partial charge in [0.1, 0.15) is 5.75 Å². The van der Waals surface area contributed by atoms with Crippen LogP contribution < -0.4 is 4.74 Å². The van der Waals surface area contributed by atoms with Crippen LogP contribution in [-0.4, -0.2) is 22.7 Å². The molecule has 0 saturated carbocycles. The third kappa shape index (κ3) is 2.45. The van der Waals surface area contributed by atoms with Gasteiger partial charge >= 0.3 is 0 Å². The molecule has 0 fully saturated rings. The van der Waals surface area contributed by atoms with E-state index < -0.39 is 6.23 Å². The number of carbonyl (C=O) groups is 1. The lowest BCUT2D eigenvalue weighted by Crippen LogP contribution is -2.44. The summed E-state index contributed by atoms with van der Waals surface area (Å²) < 4.78 is 6.91.